The van der Waals surface area contributed by atoms with Gasteiger partial charge in [-0.05, 0) is 54.8 Å². The molecule has 1 aliphatic heterocycles. The zero-order valence-corrected chi connectivity index (χ0v) is 17.9. The van der Waals surface area contributed by atoms with Crippen LogP contribution in [0.1, 0.15) is 18.4 Å². The molecule has 0 spiro atoms. The highest BCUT2D eigenvalue weighted by atomic mass is 16.5. The molecule has 0 radical (unpaired) electrons. The van der Waals surface area contributed by atoms with Crippen LogP contribution in [0.3, 0.4) is 0 Å². The van der Waals surface area contributed by atoms with Gasteiger partial charge in [0.15, 0.2) is 5.82 Å². The van der Waals surface area contributed by atoms with Crippen molar-refractivity contribution in [3.63, 3.8) is 0 Å². The Labute approximate surface area is 183 Å². The third-order valence-corrected chi connectivity index (χ3v) is 5.69. The number of hydrogen-bond donors (Lipinski definition) is 0. The molecule has 0 bridgehead atoms. The Kier molecular flexibility index (Phi) is 6.77. The zero-order valence-electron chi connectivity index (χ0n) is 17.9. The lowest BCUT2D eigenvalue weighted by Crippen LogP contribution is -2.49. The van der Waals surface area contributed by atoms with E-state index in [0.717, 1.165) is 61.8 Å². The topological polar surface area (TPSA) is 58.6 Å². The summed E-state index contributed by atoms with van der Waals surface area (Å²) in [6.45, 7) is 3.01. The van der Waals surface area contributed by atoms with Gasteiger partial charge in [-0.3, -0.25) is 4.79 Å². The van der Waals surface area contributed by atoms with Crippen molar-refractivity contribution in [2.24, 2.45) is 0 Å². The molecule has 0 N–H and O–H groups in total. The van der Waals surface area contributed by atoms with Crippen LogP contribution in [0.15, 0.2) is 66.7 Å². The van der Waals surface area contributed by atoms with E-state index in [2.05, 4.69) is 27.2 Å². The van der Waals surface area contributed by atoms with Crippen molar-refractivity contribution < 1.29 is 9.53 Å². The normalized spacial score (nSPS) is 13.8. The smallest absolute Gasteiger partial charge is 0.222 e. The minimum atomic E-state index is 0.247. The minimum absolute atomic E-state index is 0.247. The molecule has 0 unspecified atom stereocenters. The lowest BCUT2D eigenvalue weighted by molar-refractivity contribution is -0.131. The number of benzene rings is 2. The summed E-state index contributed by atoms with van der Waals surface area (Å²) < 4.78 is 5.20. The summed E-state index contributed by atoms with van der Waals surface area (Å²) in [4.78, 5) is 16.7. The number of carbonyl (C=O) groups excluding carboxylic acids is 1. The van der Waals surface area contributed by atoms with E-state index >= 15 is 0 Å². The van der Waals surface area contributed by atoms with Crippen molar-refractivity contribution in [2.75, 3.05) is 38.2 Å². The molecular weight excluding hydrogens is 388 g/mol. The van der Waals surface area contributed by atoms with Crippen molar-refractivity contribution in [3.05, 3.63) is 72.3 Å². The fraction of sp³-hybridized carbons (Fsp3) is 0.320. The van der Waals surface area contributed by atoms with Crippen molar-refractivity contribution in [1.82, 2.24) is 15.1 Å². The second-order valence-corrected chi connectivity index (χ2v) is 7.71. The molecule has 2 aromatic carbocycles. The SMILES string of the molecule is COc1ccc(-c2ccc(N3CCN(C(=O)CCCc4ccccc4)CC3)nn2)cc1. The maximum absolute atomic E-state index is 12.5. The van der Waals surface area contributed by atoms with Gasteiger partial charge < -0.3 is 14.5 Å². The fourth-order valence-electron chi connectivity index (χ4n) is 3.84. The Morgan fingerprint density at radius 1 is 0.903 bits per heavy atom. The second-order valence-electron chi connectivity index (χ2n) is 7.71. The molecule has 1 aliphatic rings. The number of piperazine rings is 1. The highest BCUT2D eigenvalue weighted by molar-refractivity contribution is 5.76. The van der Waals surface area contributed by atoms with Crippen LogP contribution in [0.4, 0.5) is 5.82 Å². The molecule has 0 atom stereocenters. The first-order valence-electron chi connectivity index (χ1n) is 10.8. The molecule has 2 heterocycles. The van der Waals surface area contributed by atoms with Gasteiger partial charge >= 0.3 is 0 Å². The Bertz CT molecular complexity index is 967. The molecule has 1 amide bonds. The highest BCUT2D eigenvalue weighted by Gasteiger charge is 2.21. The summed E-state index contributed by atoms with van der Waals surface area (Å²) in [5, 5.41) is 8.81. The predicted octanol–water partition coefficient (Wildman–Crippen LogP) is 3.82. The van der Waals surface area contributed by atoms with E-state index in [1.807, 2.05) is 59.5 Å². The van der Waals surface area contributed by atoms with Crippen molar-refractivity contribution >= 4 is 11.7 Å². The fourth-order valence-corrected chi connectivity index (χ4v) is 3.84. The van der Waals surface area contributed by atoms with Gasteiger partial charge in [-0.1, -0.05) is 30.3 Å². The number of amides is 1. The Balaban J connectivity index is 1.25. The van der Waals surface area contributed by atoms with Crippen LogP contribution in [0.2, 0.25) is 0 Å². The molecule has 0 saturated carbocycles. The lowest BCUT2D eigenvalue weighted by atomic mass is 10.1. The van der Waals surface area contributed by atoms with Gasteiger partial charge in [0.05, 0.1) is 12.8 Å². The average Bonchev–Trinajstić information content (AvgIpc) is 2.85. The molecule has 160 valence electrons. The molecule has 0 aliphatic carbocycles. The monoisotopic (exact) mass is 416 g/mol. The van der Waals surface area contributed by atoms with Crippen LogP contribution < -0.4 is 9.64 Å². The Morgan fingerprint density at radius 3 is 2.29 bits per heavy atom. The average molecular weight is 417 g/mol. The number of ether oxygens (including phenoxy) is 1. The van der Waals surface area contributed by atoms with E-state index in [9.17, 15) is 4.79 Å². The maximum Gasteiger partial charge on any atom is 0.222 e. The van der Waals surface area contributed by atoms with Gasteiger partial charge in [-0.15, -0.1) is 10.2 Å². The van der Waals surface area contributed by atoms with E-state index in [4.69, 9.17) is 4.74 Å². The first-order valence-corrected chi connectivity index (χ1v) is 10.8. The molecule has 1 aromatic heterocycles. The number of carbonyl (C=O) groups is 1. The molecule has 4 rings (SSSR count). The molecule has 1 saturated heterocycles. The number of nitrogens with zero attached hydrogens (tertiary/aromatic N) is 4. The maximum atomic E-state index is 12.5. The van der Waals surface area contributed by atoms with Crippen LogP contribution in [0.5, 0.6) is 5.75 Å². The van der Waals surface area contributed by atoms with E-state index < -0.39 is 0 Å². The minimum Gasteiger partial charge on any atom is -0.497 e. The summed E-state index contributed by atoms with van der Waals surface area (Å²) in [6.07, 6.45) is 2.44. The van der Waals surface area contributed by atoms with Crippen molar-refractivity contribution in [2.45, 2.75) is 19.3 Å². The molecule has 1 fully saturated rings. The van der Waals surface area contributed by atoms with E-state index in [1.165, 1.54) is 5.56 Å². The number of rotatable bonds is 7. The third kappa shape index (κ3) is 5.40. The summed E-state index contributed by atoms with van der Waals surface area (Å²) in [6, 6.07) is 22.1. The van der Waals surface area contributed by atoms with Crippen LogP contribution in [0, 0.1) is 0 Å². The third-order valence-electron chi connectivity index (χ3n) is 5.69. The summed E-state index contributed by atoms with van der Waals surface area (Å²) in [5.74, 6) is 1.92. The number of aryl methyl sites for hydroxylation is 1. The predicted molar refractivity (Wildman–Crippen MR) is 122 cm³/mol. The first-order chi connectivity index (χ1) is 15.2. The van der Waals surface area contributed by atoms with Gasteiger partial charge in [-0.2, -0.15) is 0 Å². The second kappa shape index (κ2) is 10.1. The Hall–Kier alpha value is -3.41. The Morgan fingerprint density at radius 2 is 1.65 bits per heavy atom. The van der Waals surface area contributed by atoms with Gasteiger partial charge in [0.25, 0.3) is 0 Å². The highest BCUT2D eigenvalue weighted by Crippen LogP contribution is 2.22. The molecule has 6 heteroatoms. The molecular formula is C25H28N4O2. The number of methoxy groups -OCH3 is 1. The first kappa shape index (κ1) is 20.8. The van der Waals surface area contributed by atoms with Crippen molar-refractivity contribution in [3.8, 4) is 17.0 Å². The molecule has 31 heavy (non-hydrogen) atoms. The van der Waals surface area contributed by atoms with Gasteiger partial charge in [-0.25, -0.2) is 0 Å². The van der Waals surface area contributed by atoms with Crippen LogP contribution >= 0.6 is 0 Å². The van der Waals surface area contributed by atoms with E-state index in [0.29, 0.717) is 6.42 Å². The summed E-state index contributed by atoms with van der Waals surface area (Å²) in [7, 11) is 1.65. The number of aromatic nitrogens is 2. The van der Waals surface area contributed by atoms with Crippen molar-refractivity contribution in [1.29, 1.82) is 0 Å². The van der Waals surface area contributed by atoms with Crippen LogP contribution in [-0.2, 0) is 11.2 Å². The van der Waals surface area contributed by atoms with Crippen LogP contribution in [0.25, 0.3) is 11.3 Å². The summed E-state index contributed by atoms with van der Waals surface area (Å²) >= 11 is 0. The molecule has 3 aromatic rings. The number of hydrogen-bond acceptors (Lipinski definition) is 5. The van der Waals surface area contributed by atoms with Crippen LogP contribution in [-0.4, -0.2) is 54.3 Å². The van der Waals surface area contributed by atoms with Gasteiger partial charge in [0, 0.05) is 38.2 Å². The molecule has 6 nitrogen and oxygen atoms in total. The lowest BCUT2D eigenvalue weighted by Gasteiger charge is -2.35. The zero-order chi connectivity index (χ0) is 21.5. The largest absolute Gasteiger partial charge is 0.497 e. The standard InChI is InChI=1S/C25H28N4O2/c1-31-22-12-10-21(11-13-22)23-14-15-24(27-26-23)28-16-18-29(19-17-28)25(30)9-5-8-20-6-3-2-4-7-20/h2-4,6-7,10-15H,5,8-9,16-19H2,1H3. The van der Waals surface area contributed by atoms with E-state index in [-0.39, 0.29) is 5.91 Å². The van der Waals surface area contributed by atoms with Gasteiger partial charge in [0.1, 0.15) is 5.75 Å². The van der Waals surface area contributed by atoms with E-state index in [1.54, 1.807) is 7.11 Å². The summed E-state index contributed by atoms with van der Waals surface area (Å²) in [5.41, 5.74) is 3.13. The van der Waals surface area contributed by atoms with Gasteiger partial charge in [0.2, 0.25) is 5.91 Å². The quantitative estimate of drug-likeness (QED) is 0.586. The number of anilines is 1.